The average molecular weight is 256 g/mol. The Hall–Kier alpha value is -2.56. The Morgan fingerprint density at radius 1 is 1.21 bits per heavy atom. The van der Waals surface area contributed by atoms with Crippen LogP contribution in [0.4, 0.5) is 0 Å². The van der Waals surface area contributed by atoms with Crippen molar-refractivity contribution in [3.8, 4) is 28.6 Å². The number of ether oxygens (including phenoxy) is 1. The maximum Gasteiger partial charge on any atom is 0.261 e. The lowest BCUT2D eigenvalue weighted by Gasteiger charge is -2.05. The maximum absolute atomic E-state index is 5.55. The molecule has 5 nitrogen and oxygen atoms in total. The lowest BCUT2D eigenvalue weighted by Crippen LogP contribution is -1.94. The summed E-state index contributed by atoms with van der Waals surface area (Å²) in [6.45, 7) is 2.52. The van der Waals surface area contributed by atoms with Gasteiger partial charge in [0.05, 0.1) is 24.0 Å². The third kappa shape index (κ3) is 2.22. The highest BCUT2D eigenvalue weighted by atomic mass is 16.5. The lowest BCUT2D eigenvalue weighted by atomic mass is 10.2. The predicted octanol–water partition coefficient (Wildman–Crippen LogP) is 3.40. The second-order valence-electron chi connectivity index (χ2n) is 3.86. The zero-order valence-electron chi connectivity index (χ0n) is 10.4. The van der Waals surface area contributed by atoms with E-state index in [0.717, 1.165) is 16.9 Å². The van der Waals surface area contributed by atoms with Gasteiger partial charge in [-0.25, -0.2) is 0 Å². The fraction of sp³-hybridized carbons (Fsp3) is 0.143. The summed E-state index contributed by atoms with van der Waals surface area (Å²) < 4.78 is 15.8. The molecule has 3 aromatic rings. The summed E-state index contributed by atoms with van der Waals surface area (Å²) in [5, 5.41) is 3.98. The van der Waals surface area contributed by atoms with Gasteiger partial charge in [0.1, 0.15) is 12.0 Å². The summed E-state index contributed by atoms with van der Waals surface area (Å²) in [7, 11) is 0. The van der Waals surface area contributed by atoms with Gasteiger partial charge in [0.2, 0.25) is 5.82 Å². The molecule has 0 aliphatic rings. The van der Waals surface area contributed by atoms with Crippen LogP contribution in [0.1, 0.15) is 6.92 Å². The first-order valence-corrected chi connectivity index (χ1v) is 5.97. The van der Waals surface area contributed by atoms with Crippen LogP contribution >= 0.6 is 0 Å². The van der Waals surface area contributed by atoms with Crippen molar-refractivity contribution in [2.45, 2.75) is 6.92 Å². The Balaban J connectivity index is 1.99. The Bertz CT molecular complexity index is 659. The Labute approximate surface area is 109 Å². The second kappa shape index (κ2) is 4.97. The van der Waals surface area contributed by atoms with E-state index >= 15 is 0 Å². The van der Waals surface area contributed by atoms with E-state index < -0.39 is 0 Å². The lowest BCUT2D eigenvalue weighted by molar-refractivity contribution is 0.341. The zero-order valence-corrected chi connectivity index (χ0v) is 10.4. The van der Waals surface area contributed by atoms with Crippen LogP contribution in [-0.2, 0) is 0 Å². The summed E-state index contributed by atoms with van der Waals surface area (Å²) in [4.78, 5) is 4.35. The van der Waals surface area contributed by atoms with E-state index in [9.17, 15) is 0 Å². The molecule has 2 heterocycles. The number of hydrogen-bond donors (Lipinski definition) is 0. The molecule has 0 radical (unpaired) electrons. The molecule has 96 valence electrons. The molecule has 0 aliphatic heterocycles. The maximum atomic E-state index is 5.55. The third-order valence-corrected chi connectivity index (χ3v) is 2.62. The SMILES string of the molecule is CCOc1ccccc1-c1noc(-c2ccoc2)n1. The number of rotatable bonds is 4. The van der Waals surface area contributed by atoms with Crippen molar-refractivity contribution >= 4 is 0 Å². The second-order valence-corrected chi connectivity index (χ2v) is 3.86. The largest absolute Gasteiger partial charge is 0.493 e. The highest BCUT2D eigenvalue weighted by molar-refractivity contribution is 5.65. The van der Waals surface area contributed by atoms with Gasteiger partial charge in [-0.15, -0.1) is 0 Å². The van der Waals surface area contributed by atoms with Crippen LogP contribution in [0.3, 0.4) is 0 Å². The van der Waals surface area contributed by atoms with E-state index in [0.29, 0.717) is 18.3 Å². The molecule has 0 saturated carbocycles. The van der Waals surface area contributed by atoms with Crippen molar-refractivity contribution in [3.05, 3.63) is 42.9 Å². The minimum absolute atomic E-state index is 0.426. The van der Waals surface area contributed by atoms with Crippen LogP contribution in [0.5, 0.6) is 5.75 Å². The van der Waals surface area contributed by atoms with Crippen molar-refractivity contribution in [3.63, 3.8) is 0 Å². The van der Waals surface area contributed by atoms with E-state index in [1.165, 1.54) is 0 Å². The van der Waals surface area contributed by atoms with Crippen LogP contribution in [-0.4, -0.2) is 16.7 Å². The smallest absolute Gasteiger partial charge is 0.261 e. The molecule has 2 aromatic heterocycles. The predicted molar refractivity (Wildman–Crippen MR) is 68.6 cm³/mol. The average Bonchev–Trinajstić information content (AvgIpc) is 3.11. The highest BCUT2D eigenvalue weighted by Crippen LogP contribution is 2.29. The van der Waals surface area contributed by atoms with Gasteiger partial charge in [-0.2, -0.15) is 4.98 Å². The Kier molecular flexibility index (Phi) is 3.02. The number of aromatic nitrogens is 2. The van der Waals surface area contributed by atoms with Crippen LogP contribution in [0, 0.1) is 0 Å². The van der Waals surface area contributed by atoms with Gasteiger partial charge in [-0.05, 0) is 25.1 Å². The summed E-state index contributed by atoms with van der Waals surface area (Å²) in [5.74, 6) is 1.67. The molecule has 19 heavy (non-hydrogen) atoms. The molecule has 0 unspecified atom stereocenters. The van der Waals surface area contributed by atoms with Gasteiger partial charge in [0.15, 0.2) is 0 Å². The van der Waals surface area contributed by atoms with Gasteiger partial charge in [0, 0.05) is 0 Å². The highest BCUT2D eigenvalue weighted by Gasteiger charge is 2.14. The van der Waals surface area contributed by atoms with Gasteiger partial charge in [-0.1, -0.05) is 17.3 Å². The number of hydrogen-bond acceptors (Lipinski definition) is 5. The van der Waals surface area contributed by atoms with E-state index in [-0.39, 0.29) is 0 Å². The first-order chi connectivity index (χ1) is 9.38. The van der Waals surface area contributed by atoms with E-state index in [2.05, 4.69) is 10.1 Å². The van der Waals surface area contributed by atoms with E-state index in [1.54, 1.807) is 18.6 Å². The third-order valence-electron chi connectivity index (χ3n) is 2.62. The van der Waals surface area contributed by atoms with Gasteiger partial charge in [0.25, 0.3) is 5.89 Å². The number of benzene rings is 1. The van der Waals surface area contributed by atoms with Crippen molar-refractivity contribution in [1.29, 1.82) is 0 Å². The Morgan fingerprint density at radius 2 is 2.11 bits per heavy atom. The first-order valence-electron chi connectivity index (χ1n) is 5.97. The van der Waals surface area contributed by atoms with E-state index in [4.69, 9.17) is 13.7 Å². The molecule has 0 aliphatic carbocycles. The molecular formula is C14H12N2O3. The number of para-hydroxylation sites is 1. The van der Waals surface area contributed by atoms with Crippen molar-refractivity contribution < 1.29 is 13.7 Å². The summed E-state index contributed by atoms with van der Waals surface area (Å²) in [6.07, 6.45) is 3.12. The molecule has 0 spiro atoms. The Morgan fingerprint density at radius 3 is 2.89 bits per heavy atom. The minimum Gasteiger partial charge on any atom is -0.493 e. The molecule has 5 heteroatoms. The molecule has 0 fully saturated rings. The molecule has 0 saturated heterocycles. The van der Waals surface area contributed by atoms with Crippen molar-refractivity contribution in [1.82, 2.24) is 10.1 Å². The quantitative estimate of drug-likeness (QED) is 0.716. The van der Waals surface area contributed by atoms with E-state index in [1.807, 2.05) is 31.2 Å². The number of furan rings is 1. The monoisotopic (exact) mass is 256 g/mol. The molecule has 3 rings (SSSR count). The standard InChI is InChI=1S/C14H12N2O3/c1-2-18-12-6-4-3-5-11(12)13-15-14(19-16-13)10-7-8-17-9-10/h3-9H,2H2,1H3. The van der Waals surface area contributed by atoms with Gasteiger partial charge >= 0.3 is 0 Å². The molecule has 1 aromatic carbocycles. The van der Waals surface area contributed by atoms with Crippen LogP contribution in [0.15, 0.2) is 51.8 Å². The molecule has 0 N–H and O–H groups in total. The van der Waals surface area contributed by atoms with Gasteiger partial charge < -0.3 is 13.7 Å². The topological polar surface area (TPSA) is 61.3 Å². The molecule has 0 amide bonds. The molecule has 0 bridgehead atoms. The summed E-state index contributed by atoms with van der Waals surface area (Å²) in [5.41, 5.74) is 1.57. The van der Waals surface area contributed by atoms with Crippen LogP contribution in [0.25, 0.3) is 22.8 Å². The first kappa shape index (κ1) is 11.5. The minimum atomic E-state index is 0.426. The van der Waals surface area contributed by atoms with Crippen LogP contribution < -0.4 is 4.74 Å². The molecule has 0 atom stereocenters. The van der Waals surface area contributed by atoms with Crippen molar-refractivity contribution in [2.24, 2.45) is 0 Å². The normalized spacial score (nSPS) is 10.6. The molecular weight excluding hydrogens is 244 g/mol. The summed E-state index contributed by atoms with van der Waals surface area (Å²) >= 11 is 0. The zero-order chi connectivity index (χ0) is 13.1. The van der Waals surface area contributed by atoms with Crippen molar-refractivity contribution in [2.75, 3.05) is 6.61 Å². The van der Waals surface area contributed by atoms with Crippen LogP contribution in [0.2, 0.25) is 0 Å². The summed E-state index contributed by atoms with van der Waals surface area (Å²) in [6, 6.07) is 9.37. The van der Waals surface area contributed by atoms with Gasteiger partial charge in [-0.3, -0.25) is 0 Å². The fourth-order valence-corrected chi connectivity index (χ4v) is 1.77. The number of nitrogens with zero attached hydrogens (tertiary/aromatic N) is 2. The fourth-order valence-electron chi connectivity index (χ4n) is 1.77.